The lowest BCUT2D eigenvalue weighted by molar-refractivity contribution is 0.734. The highest BCUT2D eigenvalue weighted by Gasteiger charge is 2.10. The van der Waals surface area contributed by atoms with Crippen molar-refractivity contribution in [1.29, 1.82) is 0 Å². The molecule has 2 aromatic carbocycles. The molecule has 0 aliphatic heterocycles. The zero-order valence-electron chi connectivity index (χ0n) is 11.3. The molecule has 1 aromatic heterocycles. The Hall–Kier alpha value is -1.84. The summed E-state index contributed by atoms with van der Waals surface area (Å²) in [4.78, 5) is 4.44. The fourth-order valence-electron chi connectivity index (χ4n) is 2.45. The van der Waals surface area contributed by atoms with E-state index in [0.29, 0.717) is 0 Å². The van der Waals surface area contributed by atoms with Crippen LogP contribution in [-0.2, 0) is 6.42 Å². The molecule has 3 aromatic rings. The molecule has 2 N–H and O–H groups in total. The number of aromatic nitrogens is 2. The molecule has 0 amide bonds. The number of fused-ring (bicyclic) bond motifs is 1. The zero-order valence-corrected chi connectivity index (χ0v) is 12.0. The van der Waals surface area contributed by atoms with E-state index in [1.165, 1.54) is 0 Å². The minimum absolute atomic E-state index is 0.0852. The molecule has 1 heterocycles. The number of halogens is 1. The molecule has 3 nitrogen and oxygen atoms in total. The van der Waals surface area contributed by atoms with Crippen LogP contribution in [0.25, 0.3) is 16.7 Å². The van der Waals surface area contributed by atoms with Crippen LogP contribution in [0.2, 0.25) is 5.02 Å². The van der Waals surface area contributed by atoms with Gasteiger partial charge in [-0.25, -0.2) is 4.98 Å². The predicted octanol–water partition coefficient (Wildman–Crippen LogP) is 3.57. The summed E-state index contributed by atoms with van der Waals surface area (Å²) in [6.07, 6.45) is 2.63. The number of benzene rings is 2. The van der Waals surface area contributed by atoms with Gasteiger partial charge in [-0.1, -0.05) is 23.7 Å². The Labute approximate surface area is 123 Å². The highest BCUT2D eigenvalue weighted by molar-refractivity contribution is 6.30. The van der Waals surface area contributed by atoms with E-state index < -0.39 is 0 Å². The Balaban J connectivity index is 2.18. The van der Waals surface area contributed by atoms with Crippen LogP contribution in [0.15, 0.2) is 48.8 Å². The maximum Gasteiger partial charge on any atom is 0.100 e. The largest absolute Gasteiger partial charge is 0.328 e. The van der Waals surface area contributed by atoms with E-state index in [1.807, 2.05) is 49.6 Å². The Kier molecular flexibility index (Phi) is 3.47. The fourth-order valence-corrected chi connectivity index (χ4v) is 2.65. The molecule has 1 unspecified atom stereocenters. The van der Waals surface area contributed by atoms with Crippen LogP contribution in [-0.4, -0.2) is 15.6 Å². The molecule has 0 aliphatic rings. The van der Waals surface area contributed by atoms with Crippen molar-refractivity contribution in [3.63, 3.8) is 0 Å². The van der Waals surface area contributed by atoms with Gasteiger partial charge in [-0.2, -0.15) is 0 Å². The van der Waals surface area contributed by atoms with Crippen LogP contribution in [0.3, 0.4) is 0 Å². The quantitative estimate of drug-likeness (QED) is 0.799. The van der Waals surface area contributed by atoms with E-state index in [0.717, 1.165) is 33.7 Å². The second-order valence-electron chi connectivity index (χ2n) is 5.06. The molecule has 1 atom stereocenters. The molecular weight excluding hydrogens is 270 g/mol. The van der Waals surface area contributed by atoms with Gasteiger partial charge in [0.2, 0.25) is 0 Å². The highest BCUT2D eigenvalue weighted by atomic mass is 35.5. The van der Waals surface area contributed by atoms with Gasteiger partial charge < -0.3 is 5.73 Å². The van der Waals surface area contributed by atoms with E-state index in [-0.39, 0.29) is 6.04 Å². The monoisotopic (exact) mass is 285 g/mol. The summed E-state index contributed by atoms with van der Waals surface area (Å²) in [6.45, 7) is 2.00. The van der Waals surface area contributed by atoms with Crippen LogP contribution < -0.4 is 5.73 Å². The molecule has 20 heavy (non-hydrogen) atoms. The smallest absolute Gasteiger partial charge is 0.100 e. The van der Waals surface area contributed by atoms with Gasteiger partial charge in [0.25, 0.3) is 0 Å². The van der Waals surface area contributed by atoms with Gasteiger partial charge in [-0.05, 0) is 49.2 Å². The van der Waals surface area contributed by atoms with Gasteiger partial charge in [0, 0.05) is 11.1 Å². The standard InChI is InChI=1S/C16H16ClN3/c1-11(18)8-12-9-13(17)6-7-15(12)20-10-19-14-4-2-3-5-16(14)20/h2-7,9-11H,8,18H2,1H3. The van der Waals surface area contributed by atoms with E-state index >= 15 is 0 Å². The van der Waals surface area contributed by atoms with Crippen molar-refractivity contribution in [2.24, 2.45) is 5.73 Å². The van der Waals surface area contributed by atoms with E-state index in [2.05, 4.69) is 15.6 Å². The molecule has 0 saturated heterocycles. The third kappa shape index (κ3) is 2.42. The second kappa shape index (κ2) is 5.27. The molecule has 0 radical (unpaired) electrons. The number of imidazole rings is 1. The van der Waals surface area contributed by atoms with Crippen LogP contribution in [0.5, 0.6) is 0 Å². The lowest BCUT2D eigenvalue weighted by atomic mass is 10.1. The lowest BCUT2D eigenvalue weighted by Gasteiger charge is -2.13. The summed E-state index contributed by atoms with van der Waals surface area (Å²) >= 11 is 6.11. The first-order valence-corrected chi connectivity index (χ1v) is 6.99. The first-order chi connectivity index (χ1) is 9.65. The van der Waals surface area contributed by atoms with Crippen LogP contribution in [0.4, 0.5) is 0 Å². The minimum Gasteiger partial charge on any atom is -0.328 e. The Bertz CT molecular complexity index is 746. The van der Waals surface area contributed by atoms with E-state index in [9.17, 15) is 0 Å². The summed E-state index contributed by atoms with van der Waals surface area (Å²) in [6, 6.07) is 14.1. The average Bonchev–Trinajstić information content (AvgIpc) is 2.82. The third-order valence-electron chi connectivity index (χ3n) is 3.30. The number of rotatable bonds is 3. The number of nitrogens with two attached hydrogens (primary N) is 1. The topological polar surface area (TPSA) is 43.8 Å². The van der Waals surface area contributed by atoms with Crippen LogP contribution in [0, 0.1) is 0 Å². The summed E-state index contributed by atoms with van der Waals surface area (Å²) in [5.74, 6) is 0. The summed E-state index contributed by atoms with van der Waals surface area (Å²) in [7, 11) is 0. The van der Waals surface area contributed by atoms with Crippen LogP contribution >= 0.6 is 11.6 Å². The van der Waals surface area contributed by atoms with Crippen molar-refractivity contribution >= 4 is 22.6 Å². The van der Waals surface area contributed by atoms with Gasteiger partial charge >= 0.3 is 0 Å². The first kappa shape index (κ1) is 13.2. The van der Waals surface area contributed by atoms with Gasteiger partial charge in [0.1, 0.15) is 6.33 Å². The molecular formula is C16H16ClN3. The Morgan fingerprint density at radius 2 is 2.05 bits per heavy atom. The maximum atomic E-state index is 6.11. The first-order valence-electron chi connectivity index (χ1n) is 6.61. The van der Waals surface area contributed by atoms with E-state index in [1.54, 1.807) is 0 Å². The minimum atomic E-state index is 0.0852. The molecule has 0 saturated carbocycles. The second-order valence-corrected chi connectivity index (χ2v) is 5.49. The number of nitrogens with zero attached hydrogens (tertiary/aromatic N) is 2. The number of hydrogen-bond acceptors (Lipinski definition) is 2. The lowest BCUT2D eigenvalue weighted by Crippen LogP contribution is -2.18. The molecule has 0 bridgehead atoms. The van der Waals surface area contributed by atoms with Gasteiger partial charge in [0.15, 0.2) is 0 Å². The van der Waals surface area contributed by atoms with Crippen molar-refractivity contribution in [3.05, 3.63) is 59.4 Å². The number of para-hydroxylation sites is 2. The average molecular weight is 286 g/mol. The van der Waals surface area contributed by atoms with Crippen LogP contribution in [0.1, 0.15) is 12.5 Å². The summed E-state index contributed by atoms with van der Waals surface area (Å²) in [5.41, 5.74) is 10.2. The Morgan fingerprint density at radius 1 is 1.25 bits per heavy atom. The van der Waals surface area contributed by atoms with Gasteiger partial charge in [0.05, 0.1) is 16.7 Å². The Morgan fingerprint density at radius 3 is 2.85 bits per heavy atom. The molecule has 102 valence electrons. The third-order valence-corrected chi connectivity index (χ3v) is 3.53. The van der Waals surface area contributed by atoms with Crippen molar-refractivity contribution in [2.75, 3.05) is 0 Å². The number of hydrogen-bond donors (Lipinski definition) is 1. The molecule has 4 heteroatoms. The summed E-state index contributed by atoms with van der Waals surface area (Å²) < 4.78 is 2.09. The van der Waals surface area contributed by atoms with E-state index in [4.69, 9.17) is 17.3 Å². The molecule has 0 spiro atoms. The normalized spacial score (nSPS) is 12.8. The van der Waals surface area contributed by atoms with Crippen molar-refractivity contribution in [1.82, 2.24) is 9.55 Å². The molecule has 0 fully saturated rings. The van der Waals surface area contributed by atoms with Crippen molar-refractivity contribution in [2.45, 2.75) is 19.4 Å². The van der Waals surface area contributed by atoms with Crippen molar-refractivity contribution < 1.29 is 0 Å². The molecule has 0 aliphatic carbocycles. The zero-order chi connectivity index (χ0) is 14.1. The van der Waals surface area contributed by atoms with Gasteiger partial charge in [-0.3, -0.25) is 4.57 Å². The predicted molar refractivity (Wildman–Crippen MR) is 83.4 cm³/mol. The SMILES string of the molecule is CC(N)Cc1cc(Cl)ccc1-n1cnc2ccccc21. The fraction of sp³-hybridized carbons (Fsp3) is 0.188. The van der Waals surface area contributed by atoms with Crippen molar-refractivity contribution in [3.8, 4) is 5.69 Å². The molecule has 3 rings (SSSR count). The maximum absolute atomic E-state index is 6.11. The highest BCUT2D eigenvalue weighted by Crippen LogP contribution is 2.24. The van der Waals surface area contributed by atoms with Gasteiger partial charge in [-0.15, -0.1) is 0 Å². The summed E-state index contributed by atoms with van der Waals surface area (Å²) in [5, 5.41) is 0.730.